The highest BCUT2D eigenvalue weighted by atomic mass is 32.1. The molecule has 0 radical (unpaired) electrons. The Labute approximate surface area is 186 Å². The van der Waals surface area contributed by atoms with Crippen LogP contribution in [0.2, 0.25) is 0 Å². The predicted molar refractivity (Wildman–Crippen MR) is 126 cm³/mol. The van der Waals surface area contributed by atoms with Crippen LogP contribution in [0.1, 0.15) is 50.8 Å². The second kappa shape index (κ2) is 8.36. The van der Waals surface area contributed by atoms with Gasteiger partial charge in [-0.3, -0.25) is 14.5 Å². The third-order valence-corrected chi connectivity index (χ3v) is 8.32. The van der Waals surface area contributed by atoms with E-state index in [4.69, 9.17) is 0 Å². The van der Waals surface area contributed by atoms with Crippen LogP contribution in [-0.4, -0.2) is 57.7 Å². The van der Waals surface area contributed by atoms with Crippen LogP contribution in [0, 0.1) is 6.92 Å². The Balaban J connectivity index is 1.38. The molecule has 3 aromatic rings. The molecule has 2 aromatic heterocycles. The van der Waals surface area contributed by atoms with Gasteiger partial charge in [0, 0.05) is 42.3 Å². The van der Waals surface area contributed by atoms with Crippen LogP contribution < -0.4 is 5.56 Å². The number of thiophene rings is 1. The number of nitrogens with zero attached hydrogens (tertiary/aromatic N) is 4. The van der Waals surface area contributed by atoms with Gasteiger partial charge in [-0.05, 0) is 32.8 Å². The summed E-state index contributed by atoms with van der Waals surface area (Å²) in [6.45, 7) is 7.06. The number of amides is 1. The Morgan fingerprint density at radius 2 is 1.81 bits per heavy atom. The van der Waals surface area contributed by atoms with Gasteiger partial charge in [0.05, 0.1) is 15.8 Å². The maximum Gasteiger partial charge on any atom is 0.276 e. The number of benzene rings is 1. The van der Waals surface area contributed by atoms with Gasteiger partial charge >= 0.3 is 0 Å². The van der Waals surface area contributed by atoms with Gasteiger partial charge in [0.15, 0.2) is 0 Å². The third-order valence-electron chi connectivity index (χ3n) is 7.05. The molecule has 7 heteroatoms. The zero-order valence-electron chi connectivity index (χ0n) is 18.3. The normalized spacial score (nSPS) is 19.9. The number of piperazine rings is 1. The molecule has 2 fully saturated rings. The summed E-state index contributed by atoms with van der Waals surface area (Å²) in [5.74, 6) is -0.00354. The fourth-order valence-corrected chi connectivity index (χ4v) is 6.40. The fraction of sp³-hybridized carbons (Fsp3) is 0.542. The maximum atomic E-state index is 13.4. The van der Waals surface area contributed by atoms with Gasteiger partial charge in [0.25, 0.3) is 5.56 Å². The van der Waals surface area contributed by atoms with E-state index < -0.39 is 6.04 Å². The van der Waals surface area contributed by atoms with Gasteiger partial charge < -0.3 is 4.90 Å². The Hall–Kier alpha value is -2.25. The van der Waals surface area contributed by atoms with Crippen molar-refractivity contribution < 1.29 is 4.79 Å². The molecule has 6 nitrogen and oxygen atoms in total. The molecule has 1 saturated heterocycles. The lowest BCUT2D eigenvalue weighted by molar-refractivity contribution is -0.136. The van der Waals surface area contributed by atoms with Crippen LogP contribution in [0.5, 0.6) is 0 Å². The molecule has 0 spiro atoms. The van der Waals surface area contributed by atoms with E-state index in [0.29, 0.717) is 11.4 Å². The van der Waals surface area contributed by atoms with E-state index in [9.17, 15) is 9.59 Å². The van der Waals surface area contributed by atoms with Crippen molar-refractivity contribution in [3.8, 4) is 0 Å². The zero-order chi connectivity index (χ0) is 21.5. The molecule has 0 N–H and O–H groups in total. The quantitative estimate of drug-likeness (QED) is 0.621. The topological polar surface area (TPSA) is 58.4 Å². The van der Waals surface area contributed by atoms with Crippen molar-refractivity contribution in [3.05, 3.63) is 40.3 Å². The van der Waals surface area contributed by atoms with E-state index in [1.165, 1.54) is 36.8 Å². The molecule has 1 saturated carbocycles. The number of carbonyl (C=O) groups excluding carboxylic acids is 1. The number of aryl methyl sites for hydroxylation is 1. The van der Waals surface area contributed by atoms with Crippen molar-refractivity contribution in [2.75, 3.05) is 26.2 Å². The van der Waals surface area contributed by atoms with E-state index in [1.807, 2.05) is 43.0 Å². The molecule has 2 aliphatic rings. The summed E-state index contributed by atoms with van der Waals surface area (Å²) in [5, 5.41) is 6.20. The van der Waals surface area contributed by atoms with Crippen molar-refractivity contribution >= 4 is 37.4 Å². The molecule has 3 heterocycles. The first kappa shape index (κ1) is 20.6. The first-order chi connectivity index (χ1) is 15.0. The van der Waals surface area contributed by atoms with E-state index >= 15 is 0 Å². The van der Waals surface area contributed by atoms with Crippen LogP contribution in [0.4, 0.5) is 0 Å². The molecular weight excluding hydrogens is 408 g/mol. The molecule has 1 aromatic carbocycles. The molecule has 1 amide bonds. The summed E-state index contributed by atoms with van der Waals surface area (Å²) in [6.07, 6.45) is 6.59. The van der Waals surface area contributed by atoms with E-state index in [-0.39, 0.29) is 11.5 Å². The Bertz CT molecular complexity index is 1170. The summed E-state index contributed by atoms with van der Waals surface area (Å²) in [6, 6.07) is 8.03. The molecule has 1 atom stereocenters. The summed E-state index contributed by atoms with van der Waals surface area (Å²) < 4.78 is 3.41. The minimum Gasteiger partial charge on any atom is -0.338 e. The third kappa shape index (κ3) is 3.68. The summed E-state index contributed by atoms with van der Waals surface area (Å²) in [7, 11) is 0. The van der Waals surface area contributed by atoms with Crippen molar-refractivity contribution in [2.45, 2.75) is 58.0 Å². The SMILES string of the molecule is Cc1nn([C@H](C)C(=O)N2CCN(C3CCCCC3)CC2)c(=O)c2c1sc1ccccc12. The Morgan fingerprint density at radius 1 is 1.10 bits per heavy atom. The number of hydrogen-bond acceptors (Lipinski definition) is 5. The highest BCUT2D eigenvalue weighted by molar-refractivity contribution is 7.26. The monoisotopic (exact) mass is 438 g/mol. The van der Waals surface area contributed by atoms with Crippen molar-refractivity contribution in [1.82, 2.24) is 19.6 Å². The minimum atomic E-state index is -0.601. The van der Waals surface area contributed by atoms with Gasteiger partial charge in [-0.2, -0.15) is 5.10 Å². The van der Waals surface area contributed by atoms with E-state index in [2.05, 4.69) is 10.00 Å². The highest BCUT2D eigenvalue weighted by Crippen LogP contribution is 2.33. The van der Waals surface area contributed by atoms with Crippen LogP contribution in [-0.2, 0) is 4.79 Å². The lowest BCUT2D eigenvalue weighted by atomic mass is 9.94. The Kier molecular flexibility index (Phi) is 5.56. The maximum absolute atomic E-state index is 13.4. The van der Waals surface area contributed by atoms with Crippen LogP contribution in [0.3, 0.4) is 0 Å². The first-order valence-electron chi connectivity index (χ1n) is 11.5. The number of rotatable bonds is 3. The standard InChI is InChI=1S/C24H30N4O2S/c1-16-22-21(19-10-6-7-11-20(19)31-22)24(30)28(25-16)17(2)23(29)27-14-12-26(13-15-27)18-8-4-3-5-9-18/h6-7,10-11,17-18H,3-5,8-9,12-15H2,1-2H3/t17-/m1/s1. The Morgan fingerprint density at radius 3 is 2.55 bits per heavy atom. The molecule has 1 aliphatic carbocycles. The summed E-state index contributed by atoms with van der Waals surface area (Å²) in [4.78, 5) is 31.1. The van der Waals surface area contributed by atoms with Gasteiger partial charge in [-0.1, -0.05) is 37.5 Å². The molecule has 1 aliphatic heterocycles. The lowest BCUT2D eigenvalue weighted by Crippen LogP contribution is -2.53. The number of hydrogen-bond donors (Lipinski definition) is 0. The highest BCUT2D eigenvalue weighted by Gasteiger charge is 2.30. The minimum absolute atomic E-state index is 0.00354. The second-order valence-electron chi connectivity index (χ2n) is 8.97. The molecule has 5 rings (SSSR count). The molecular formula is C24H30N4O2S. The molecule has 31 heavy (non-hydrogen) atoms. The first-order valence-corrected chi connectivity index (χ1v) is 12.3. The smallest absolute Gasteiger partial charge is 0.276 e. The fourth-order valence-electron chi connectivity index (χ4n) is 5.26. The molecule has 164 valence electrons. The predicted octanol–water partition coefficient (Wildman–Crippen LogP) is 3.96. The van der Waals surface area contributed by atoms with Gasteiger partial charge in [0.2, 0.25) is 5.91 Å². The average Bonchev–Trinajstić information content (AvgIpc) is 3.22. The molecule has 0 bridgehead atoms. The number of fused-ring (bicyclic) bond motifs is 3. The van der Waals surface area contributed by atoms with Crippen LogP contribution in [0.25, 0.3) is 20.2 Å². The van der Waals surface area contributed by atoms with Crippen molar-refractivity contribution in [3.63, 3.8) is 0 Å². The number of aromatic nitrogens is 2. The van der Waals surface area contributed by atoms with Crippen LogP contribution in [0.15, 0.2) is 29.1 Å². The van der Waals surface area contributed by atoms with E-state index in [1.54, 1.807) is 11.3 Å². The van der Waals surface area contributed by atoms with Crippen LogP contribution >= 0.6 is 11.3 Å². The summed E-state index contributed by atoms with van der Waals surface area (Å²) >= 11 is 1.60. The van der Waals surface area contributed by atoms with Crippen molar-refractivity contribution in [2.24, 2.45) is 0 Å². The number of carbonyl (C=O) groups is 1. The van der Waals surface area contributed by atoms with Gasteiger partial charge in [0.1, 0.15) is 6.04 Å². The van der Waals surface area contributed by atoms with Gasteiger partial charge in [-0.25, -0.2) is 4.68 Å². The molecule has 0 unspecified atom stereocenters. The summed E-state index contributed by atoms with van der Waals surface area (Å²) in [5.41, 5.74) is 0.636. The second-order valence-corrected chi connectivity index (χ2v) is 10.0. The van der Waals surface area contributed by atoms with Crippen molar-refractivity contribution in [1.29, 1.82) is 0 Å². The largest absolute Gasteiger partial charge is 0.338 e. The zero-order valence-corrected chi connectivity index (χ0v) is 19.2. The lowest BCUT2D eigenvalue weighted by Gasteiger charge is -2.41. The average molecular weight is 439 g/mol. The van der Waals surface area contributed by atoms with Gasteiger partial charge in [-0.15, -0.1) is 11.3 Å². The van der Waals surface area contributed by atoms with E-state index in [0.717, 1.165) is 46.7 Å².